The topological polar surface area (TPSA) is 74.9 Å². The largest absolute Gasteiger partial charge is 0.454 e. The minimum absolute atomic E-state index is 0.0150. The summed E-state index contributed by atoms with van der Waals surface area (Å²) in [5.41, 5.74) is 3.84. The van der Waals surface area contributed by atoms with Crippen LogP contribution in [0.2, 0.25) is 0 Å². The number of amides is 1. The second kappa shape index (κ2) is 7.31. The van der Waals surface area contributed by atoms with Gasteiger partial charge in [-0.25, -0.2) is 0 Å². The number of ether oxygens (including phenoxy) is 2. The standard InChI is InChI=1S/C21H25N3O4/c1-13-19(15(3)25)14(2)22-20(13)21(26)24-8-6-23(7-9-24)11-16-4-5-17-18(10-16)28-12-27-17/h4-5,10,22H,6-9,11-12H2,1-3H3. The number of nitrogens with zero attached hydrogens (tertiary/aromatic N) is 2. The molecule has 0 atom stereocenters. The highest BCUT2D eigenvalue weighted by molar-refractivity contribution is 6.02. The number of hydrogen-bond acceptors (Lipinski definition) is 5. The molecule has 7 heteroatoms. The molecule has 28 heavy (non-hydrogen) atoms. The van der Waals surface area contributed by atoms with Crippen LogP contribution in [0.1, 0.15) is 44.6 Å². The number of rotatable bonds is 4. The van der Waals surface area contributed by atoms with Crippen molar-refractivity contribution in [1.82, 2.24) is 14.8 Å². The first-order valence-corrected chi connectivity index (χ1v) is 9.54. The molecule has 3 heterocycles. The molecule has 0 saturated carbocycles. The predicted octanol–water partition coefficient (Wildman–Crippen LogP) is 2.52. The molecule has 2 aliphatic rings. The molecule has 2 aromatic rings. The lowest BCUT2D eigenvalue weighted by molar-refractivity contribution is 0.0622. The number of Topliss-reactive ketones (excluding diaryl/α,β-unsaturated/α-hetero) is 1. The molecule has 1 N–H and O–H groups in total. The van der Waals surface area contributed by atoms with E-state index < -0.39 is 0 Å². The highest BCUT2D eigenvalue weighted by Gasteiger charge is 2.27. The summed E-state index contributed by atoms with van der Waals surface area (Å²) in [6, 6.07) is 6.02. The molecule has 4 rings (SSSR count). The van der Waals surface area contributed by atoms with Crippen LogP contribution in [0.4, 0.5) is 0 Å². The van der Waals surface area contributed by atoms with Gasteiger partial charge in [0.1, 0.15) is 5.69 Å². The summed E-state index contributed by atoms with van der Waals surface area (Å²) < 4.78 is 10.8. The Morgan fingerprint density at radius 3 is 2.46 bits per heavy atom. The smallest absolute Gasteiger partial charge is 0.270 e. The average Bonchev–Trinajstić information content (AvgIpc) is 3.25. The molecule has 1 aromatic carbocycles. The van der Waals surface area contributed by atoms with Gasteiger partial charge in [0.2, 0.25) is 6.79 Å². The fraction of sp³-hybridized carbons (Fsp3) is 0.429. The number of hydrogen-bond donors (Lipinski definition) is 1. The summed E-state index contributed by atoms with van der Waals surface area (Å²) in [6.07, 6.45) is 0. The fourth-order valence-corrected chi connectivity index (χ4v) is 4.06. The van der Waals surface area contributed by atoms with Crippen molar-refractivity contribution in [3.05, 3.63) is 46.3 Å². The molecular formula is C21H25N3O4. The molecule has 0 aliphatic carbocycles. The Bertz CT molecular complexity index is 926. The van der Waals surface area contributed by atoms with Crippen LogP contribution in [0.15, 0.2) is 18.2 Å². The second-order valence-electron chi connectivity index (χ2n) is 7.44. The maximum atomic E-state index is 12.9. The molecule has 2 aliphatic heterocycles. The third-order valence-electron chi connectivity index (χ3n) is 5.51. The number of carbonyl (C=O) groups excluding carboxylic acids is 2. The van der Waals surface area contributed by atoms with Crippen molar-refractivity contribution in [2.45, 2.75) is 27.3 Å². The van der Waals surface area contributed by atoms with Gasteiger partial charge in [0.25, 0.3) is 5.91 Å². The summed E-state index contributed by atoms with van der Waals surface area (Å²) in [4.78, 5) is 32.1. The van der Waals surface area contributed by atoms with Crippen molar-refractivity contribution in [1.29, 1.82) is 0 Å². The average molecular weight is 383 g/mol. The maximum absolute atomic E-state index is 12.9. The van der Waals surface area contributed by atoms with E-state index in [1.54, 1.807) is 0 Å². The number of carbonyl (C=O) groups is 2. The van der Waals surface area contributed by atoms with Gasteiger partial charge in [-0.3, -0.25) is 14.5 Å². The number of aryl methyl sites for hydroxylation is 1. The first kappa shape index (κ1) is 18.6. The number of aromatic amines is 1. The number of benzene rings is 1. The molecule has 1 aromatic heterocycles. The van der Waals surface area contributed by atoms with Crippen molar-refractivity contribution < 1.29 is 19.1 Å². The normalized spacial score (nSPS) is 16.5. The van der Waals surface area contributed by atoms with Gasteiger partial charge in [0, 0.05) is 44.0 Å². The van der Waals surface area contributed by atoms with Gasteiger partial charge >= 0.3 is 0 Å². The fourth-order valence-electron chi connectivity index (χ4n) is 4.06. The summed E-state index contributed by atoms with van der Waals surface area (Å²) in [7, 11) is 0. The van der Waals surface area contributed by atoms with Crippen molar-refractivity contribution in [2.75, 3.05) is 33.0 Å². The zero-order chi connectivity index (χ0) is 19.8. The minimum atomic E-state index is -0.0316. The first-order valence-electron chi connectivity index (χ1n) is 9.54. The monoisotopic (exact) mass is 383 g/mol. The van der Waals surface area contributed by atoms with Crippen LogP contribution in [-0.2, 0) is 6.54 Å². The zero-order valence-electron chi connectivity index (χ0n) is 16.5. The van der Waals surface area contributed by atoms with Crippen LogP contribution in [0.5, 0.6) is 11.5 Å². The summed E-state index contributed by atoms with van der Waals surface area (Å²) in [5.74, 6) is 1.54. The molecule has 148 valence electrons. The van der Waals surface area contributed by atoms with Crippen molar-refractivity contribution in [3.63, 3.8) is 0 Å². The van der Waals surface area contributed by atoms with Gasteiger partial charge < -0.3 is 19.4 Å². The van der Waals surface area contributed by atoms with E-state index >= 15 is 0 Å². The van der Waals surface area contributed by atoms with E-state index in [4.69, 9.17) is 9.47 Å². The molecular weight excluding hydrogens is 358 g/mol. The van der Waals surface area contributed by atoms with E-state index in [0.717, 1.165) is 42.4 Å². The van der Waals surface area contributed by atoms with Crippen LogP contribution < -0.4 is 9.47 Å². The lowest BCUT2D eigenvalue weighted by Crippen LogP contribution is -2.48. The van der Waals surface area contributed by atoms with Gasteiger partial charge in [-0.05, 0) is 44.0 Å². The summed E-state index contributed by atoms with van der Waals surface area (Å²) in [6.45, 7) is 9.24. The van der Waals surface area contributed by atoms with Gasteiger partial charge in [-0.2, -0.15) is 0 Å². The molecule has 1 saturated heterocycles. The number of piperazine rings is 1. The van der Waals surface area contributed by atoms with E-state index in [9.17, 15) is 9.59 Å². The summed E-state index contributed by atoms with van der Waals surface area (Å²) >= 11 is 0. The molecule has 7 nitrogen and oxygen atoms in total. The van der Waals surface area contributed by atoms with Gasteiger partial charge in [-0.15, -0.1) is 0 Å². The van der Waals surface area contributed by atoms with E-state index in [0.29, 0.717) is 24.3 Å². The maximum Gasteiger partial charge on any atom is 0.270 e. The molecule has 0 spiro atoms. The lowest BCUT2D eigenvalue weighted by Gasteiger charge is -2.34. The lowest BCUT2D eigenvalue weighted by atomic mass is 10.1. The number of aromatic nitrogens is 1. The van der Waals surface area contributed by atoms with Crippen molar-refractivity contribution in [2.24, 2.45) is 0 Å². The Labute approximate surface area is 164 Å². The predicted molar refractivity (Wildman–Crippen MR) is 104 cm³/mol. The number of ketones is 1. The third kappa shape index (κ3) is 3.38. The van der Waals surface area contributed by atoms with Crippen LogP contribution >= 0.6 is 0 Å². The Balaban J connectivity index is 1.38. The van der Waals surface area contributed by atoms with Gasteiger partial charge in [-0.1, -0.05) is 6.07 Å². The Hall–Kier alpha value is -2.80. The van der Waals surface area contributed by atoms with E-state index in [-0.39, 0.29) is 18.5 Å². The highest BCUT2D eigenvalue weighted by Crippen LogP contribution is 2.33. The first-order chi connectivity index (χ1) is 13.4. The van der Waals surface area contributed by atoms with E-state index in [1.807, 2.05) is 30.9 Å². The Morgan fingerprint density at radius 1 is 1.07 bits per heavy atom. The second-order valence-corrected chi connectivity index (χ2v) is 7.44. The third-order valence-corrected chi connectivity index (χ3v) is 5.51. The van der Waals surface area contributed by atoms with Crippen LogP contribution in [0, 0.1) is 13.8 Å². The van der Waals surface area contributed by atoms with E-state index in [1.165, 1.54) is 12.5 Å². The zero-order valence-corrected chi connectivity index (χ0v) is 16.5. The molecule has 1 amide bonds. The quantitative estimate of drug-likeness (QED) is 0.821. The van der Waals surface area contributed by atoms with E-state index in [2.05, 4.69) is 16.0 Å². The van der Waals surface area contributed by atoms with Gasteiger partial charge in [0.05, 0.1) is 0 Å². The SMILES string of the molecule is CC(=O)c1c(C)[nH]c(C(=O)N2CCN(Cc3ccc4c(c3)OCO4)CC2)c1C. The van der Waals surface area contributed by atoms with Crippen molar-refractivity contribution >= 4 is 11.7 Å². The van der Waals surface area contributed by atoms with Crippen LogP contribution in [0.25, 0.3) is 0 Å². The number of nitrogens with one attached hydrogen (secondary N) is 1. The Kier molecular flexibility index (Phi) is 4.85. The number of H-pyrrole nitrogens is 1. The molecule has 0 bridgehead atoms. The summed E-state index contributed by atoms with van der Waals surface area (Å²) in [5, 5.41) is 0. The molecule has 0 radical (unpaired) electrons. The highest BCUT2D eigenvalue weighted by atomic mass is 16.7. The molecule has 1 fully saturated rings. The number of fused-ring (bicyclic) bond motifs is 1. The van der Waals surface area contributed by atoms with Crippen LogP contribution in [0.3, 0.4) is 0 Å². The molecule has 0 unspecified atom stereocenters. The van der Waals surface area contributed by atoms with Gasteiger partial charge in [0.15, 0.2) is 17.3 Å². The van der Waals surface area contributed by atoms with Crippen LogP contribution in [-0.4, -0.2) is 59.4 Å². The Morgan fingerprint density at radius 2 is 1.79 bits per heavy atom. The minimum Gasteiger partial charge on any atom is -0.454 e. The van der Waals surface area contributed by atoms with Crippen molar-refractivity contribution in [3.8, 4) is 11.5 Å².